The Morgan fingerprint density at radius 2 is 1.56 bits per heavy atom. The van der Waals surface area contributed by atoms with Crippen LogP contribution in [-0.2, 0) is 10.0 Å². The Morgan fingerprint density at radius 3 is 2.12 bits per heavy atom. The summed E-state index contributed by atoms with van der Waals surface area (Å²) in [6.07, 6.45) is 9.02. The molecule has 1 aliphatic heterocycles. The number of benzene rings is 1. The van der Waals surface area contributed by atoms with Crippen molar-refractivity contribution in [3.05, 3.63) is 35.4 Å². The van der Waals surface area contributed by atoms with Crippen LogP contribution in [0.3, 0.4) is 0 Å². The third-order valence-electron chi connectivity index (χ3n) is 8.28. The molecule has 0 atom stereocenters. The fraction of sp³-hybridized carbons (Fsp3) is 0.720. The molecule has 1 aromatic rings. The van der Waals surface area contributed by atoms with Crippen molar-refractivity contribution < 1.29 is 22.0 Å². The average Bonchev–Trinajstić information content (AvgIpc) is 3.58. The minimum absolute atomic E-state index is 0.193. The first-order valence-corrected chi connectivity index (χ1v) is 14.3. The Bertz CT molecular complexity index is 959. The highest BCUT2D eigenvalue weighted by molar-refractivity contribution is 7.89. The minimum Gasteiger partial charge on any atom is -0.350 e. The quantitative estimate of drug-likeness (QED) is 0.525. The number of amides is 1. The van der Waals surface area contributed by atoms with E-state index in [1.807, 2.05) is 0 Å². The van der Waals surface area contributed by atoms with Crippen LogP contribution >= 0.6 is 0 Å². The van der Waals surface area contributed by atoms with Gasteiger partial charge in [-0.25, -0.2) is 17.2 Å². The maximum Gasteiger partial charge on any atom is 0.257 e. The minimum atomic E-state index is -3.26. The van der Waals surface area contributed by atoms with Gasteiger partial charge in [0.05, 0.1) is 5.75 Å². The highest BCUT2D eigenvalue weighted by atomic mass is 32.2. The molecule has 1 saturated heterocycles. The van der Waals surface area contributed by atoms with E-state index in [-0.39, 0.29) is 11.3 Å². The molecule has 1 heterocycles. The number of carbonyl (C=O) groups excluding carboxylic acids is 1. The van der Waals surface area contributed by atoms with Crippen molar-refractivity contribution in [2.45, 2.75) is 70.3 Å². The van der Waals surface area contributed by atoms with Gasteiger partial charge in [0, 0.05) is 38.3 Å². The highest BCUT2D eigenvalue weighted by Crippen LogP contribution is 2.58. The zero-order valence-electron chi connectivity index (χ0n) is 20.1. The van der Waals surface area contributed by atoms with E-state index in [2.05, 4.69) is 17.1 Å². The van der Waals surface area contributed by atoms with Gasteiger partial charge in [-0.2, -0.15) is 4.31 Å². The summed E-state index contributed by atoms with van der Waals surface area (Å²) in [6.45, 7) is 4.45. The van der Waals surface area contributed by atoms with Crippen molar-refractivity contribution >= 4 is 15.9 Å². The fourth-order valence-electron chi connectivity index (χ4n) is 5.68. The molecule has 3 fully saturated rings. The number of nitrogens with zero attached hydrogens (tertiary/aromatic N) is 2. The molecule has 2 aliphatic carbocycles. The number of piperazine rings is 1. The second kappa shape index (κ2) is 10.2. The molecule has 9 heteroatoms. The zero-order valence-corrected chi connectivity index (χ0v) is 20.9. The van der Waals surface area contributed by atoms with Gasteiger partial charge in [0.2, 0.25) is 10.0 Å². The zero-order chi connectivity index (χ0) is 24.4. The number of sulfonamides is 1. The van der Waals surface area contributed by atoms with Gasteiger partial charge < -0.3 is 5.32 Å². The third kappa shape index (κ3) is 5.46. The lowest BCUT2D eigenvalue weighted by molar-refractivity contribution is 0.00965. The fourth-order valence-corrected chi connectivity index (χ4v) is 7.23. The monoisotopic (exact) mass is 497 g/mol. The summed E-state index contributed by atoms with van der Waals surface area (Å²) in [5, 5.41) is 2.82. The Balaban J connectivity index is 1.43. The highest BCUT2D eigenvalue weighted by Gasteiger charge is 2.51. The summed E-state index contributed by atoms with van der Waals surface area (Å²) in [5.74, 6) is -2.28. The predicted octanol–water partition coefficient (Wildman–Crippen LogP) is 3.93. The van der Waals surface area contributed by atoms with Gasteiger partial charge in [-0.05, 0) is 62.5 Å². The van der Waals surface area contributed by atoms with E-state index in [4.69, 9.17) is 0 Å². The predicted molar refractivity (Wildman–Crippen MR) is 128 cm³/mol. The van der Waals surface area contributed by atoms with Crippen molar-refractivity contribution in [2.24, 2.45) is 5.41 Å². The number of unbranched alkanes of at least 4 members (excludes halogenated alkanes) is 2. The second-order valence-electron chi connectivity index (χ2n) is 10.4. The van der Waals surface area contributed by atoms with Gasteiger partial charge in [0.1, 0.15) is 17.2 Å². The molecular formula is C25H37F2N3O3S. The Labute approximate surface area is 202 Å². The van der Waals surface area contributed by atoms with Gasteiger partial charge >= 0.3 is 0 Å². The molecule has 0 radical (unpaired) electrons. The topological polar surface area (TPSA) is 69.7 Å². The number of carbonyl (C=O) groups is 1. The molecule has 0 unspecified atom stereocenters. The van der Waals surface area contributed by atoms with Crippen molar-refractivity contribution in [2.75, 3.05) is 38.5 Å². The van der Waals surface area contributed by atoms with Crippen LogP contribution in [0.15, 0.2) is 18.2 Å². The molecule has 190 valence electrons. The molecule has 4 rings (SSSR count). The normalized spacial score (nSPS) is 22.6. The molecular weight excluding hydrogens is 460 g/mol. The third-order valence-corrected chi connectivity index (χ3v) is 10.2. The maximum absolute atomic E-state index is 14.1. The summed E-state index contributed by atoms with van der Waals surface area (Å²) in [4.78, 5) is 15.0. The van der Waals surface area contributed by atoms with Gasteiger partial charge in [-0.3, -0.25) is 9.69 Å². The summed E-state index contributed by atoms with van der Waals surface area (Å²) in [7, 11) is -3.26. The molecule has 1 spiro atoms. The van der Waals surface area contributed by atoms with Gasteiger partial charge in [0.25, 0.3) is 5.91 Å². The Kier molecular flexibility index (Phi) is 7.64. The molecule has 3 aliphatic rings. The largest absolute Gasteiger partial charge is 0.350 e. The van der Waals surface area contributed by atoms with Crippen molar-refractivity contribution in [1.82, 2.24) is 14.5 Å². The molecule has 6 nitrogen and oxygen atoms in total. The molecule has 1 amide bonds. The molecule has 1 aromatic carbocycles. The van der Waals surface area contributed by atoms with Crippen molar-refractivity contribution in [1.29, 1.82) is 0 Å². The van der Waals surface area contributed by atoms with E-state index in [0.29, 0.717) is 44.6 Å². The number of halogens is 2. The summed E-state index contributed by atoms with van der Waals surface area (Å²) >= 11 is 0. The molecule has 0 bridgehead atoms. The van der Waals surface area contributed by atoms with E-state index in [0.717, 1.165) is 50.7 Å². The van der Waals surface area contributed by atoms with E-state index in [9.17, 15) is 22.0 Å². The lowest BCUT2D eigenvalue weighted by atomic mass is 9.73. The number of hydrogen-bond acceptors (Lipinski definition) is 4. The number of hydrogen-bond donors (Lipinski definition) is 1. The van der Waals surface area contributed by atoms with Crippen LogP contribution in [0.5, 0.6) is 0 Å². The van der Waals surface area contributed by atoms with Gasteiger partial charge in [0.15, 0.2) is 0 Å². The molecule has 0 aromatic heterocycles. The first-order chi connectivity index (χ1) is 16.2. The van der Waals surface area contributed by atoms with Crippen LogP contribution in [0, 0.1) is 17.0 Å². The molecule has 2 saturated carbocycles. The average molecular weight is 498 g/mol. The lowest BCUT2D eigenvalue weighted by Gasteiger charge is -2.51. The van der Waals surface area contributed by atoms with Crippen molar-refractivity contribution in [3.8, 4) is 0 Å². The van der Waals surface area contributed by atoms with E-state index < -0.39 is 33.1 Å². The van der Waals surface area contributed by atoms with E-state index >= 15 is 0 Å². The van der Waals surface area contributed by atoms with Gasteiger partial charge in [-0.15, -0.1) is 0 Å². The second-order valence-corrected chi connectivity index (χ2v) is 12.5. The van der Waals surface area contributed by atoms with Crippen LogP contribution in [0.4, 0.5) is 8.78 Å². The first-order valence-electron chi connectivity index (χ1n) is 12.7. The lowest BCUT2D eigenvalue weighted by Crippen LogP contribution is -2.63. The van der Waals surface area contributed by atoms with E-state index in [1.54, 1.807) is 4.31 Å². The smallest absolute Gasteiger partial charge is 0.257 e. The Morgan fingerprint density at radius 1 is 0.971 bits per heavy atom. The Hall–Kier alpha value is -1.58. The summed E-state index contributed by atoms with van der Waals surface area (Å²) < 4.78 is 55.3. The van der Waals surface area contributed by atoms with Gasteiger partial charge in [-0.1, -0.05) is 25.8 Å². The molecule has 34 heavy (non-hydrogen) atoms. The summed E-state index contributed by atoms with van der Waals surface area (Å²) in [6, 6.07) is 3.42. The van der Waals surface area contributed by atoms with Crippen LogP contribution in [0.2, 0.25) is 0 Å². The maximum atomic E-state index is 14.1. The SMILES string of the molecule is CCCCCS(=O)(=O)N1CCN(C2(CNC(=O)c3c(F)cccc3F)CCC3(CC3)CC2)CC1. The van der Waals surface area contributed by atoms with Crippen LogP contribution in [0.1, 0.15) is 75.1 Å². The standard InChI is InChI=1S/C25H37F2N3O3S/c1-2-3-4-18-34(32,33)30-16-14-29(15-17-30)25(12-10-24(8-9-24)11-13-25)19-28-23(31)22-20(26)6-5-7-21(22)27/h5-7H,2-4,8-19H2,1H3,(H,28,31). The number of rotatable bonds is 9. The van der Waals surface area contributed by atoms with Crippen LogP contribution < -0.4 is 5.32 Å². The van der Waals surface area contributed by atoms with Crippen molar-refractivity contribution in [3.63, 3.8) is 0 Å². The van der Waals surface area contributed by atoms with Crippen LogP contribution in [-0.4, -0.2) is 67.5 Å². The molecule has 1 N–H and O–H groups in total. The summed E-state index contributed by atoms with van der Waals surface area (Å²) in [5.41, 5.74) is -0.422. The number of nitrogens with one attached hydrogen (secondary N) is 1. The van der Waals surface area contributed by atoms with Crippen LogP contribution in [0.25, 0.3) is 0 Å². The van der Waals surface area contributed by atoms with E-state index in [1.165, 1.54) is 18.9 Å². The first kappa shape index (κ1) is 25.5.